The van der Waals surface area contributed by atoms with Gasteiger partial charge in [-0.05, 0) is 43.3 Å². The zero-order valence-corrected chi connectivity index (χ0v) is 11.4. The topological polar surface area (TPSA) is 49.3 Å². The van der Waals surface area contributed by atoms with Gasteiger partial charge in [0.1, 0.15) is 6.04 Å². The van der Waals surface area contributed by atoms with E-state index in [4.69, 9.17) is 5.11 Å². The van der Waals surface area contributed by atoms with E-state index in [1.54, 1.807) is 18.7 Å². The highest BCUT2D eigenvalue weighted by Gasteiger charge is 2.09. The van der Waals surface area contributed by atoms with Crippen molar-refractivity contribution in [2.45, 2.75) is 22.8 Å². The molecule has 0 saturated carbocycles. The molecule has 0 aliphatic heterocycles. The van der Waals surface area contributed by atoms with E-state index in [1.165, 1.54) is 4.90 Å². The van der Waals surface area contributed by atoms with Gasteiger partial charge in [-0.25, -0.2) is 0 Å². The molecule has 4 heteroatoms. The van der Waals surface area contributed by atoms with Crippen LogP contribution in [0.3, 0.4) is 0 Å². The third kappa shape index (κ3) is 4.03. The number of hydrogen-bond acceptors (Lipinski definition) is 3. The monoisotopic (exact) mass is 273 g/mol. The Kier molecular flexibility index (Phi) is 4.47. The number of carbonyl (C=O) groups is 1. The number of benzene rings is 2. The molecule has 0 saturated heterocycles. The SMILES string of the molecule is C[C@H](Nc1ccc(Sc2ccccc2)cc1)C(=O)O. The number of rotatable bonds is 5. The average Bonchev–Trinajstić information content (AvgIpc) is 2.42. The highest BCUT2D eigenvalue weighted by molar-refractivity contribution is 7.99. The summed E-state index contributed by atoms with van der Waals surface area (Å²) in [4.78, 5) is 13.1. The summed E-state index contributed by atoms with van der Waals surface area (Å²) in [6.07, 6.45) is 0. The third-order valence-corrected chi connectivity index (χ3v) is 3.60. The first kappa shape index (κ1) is 13.5. The molecular formula is C15H15NO2S. The fraction of sp³-hybridized carbons (Fsp3) is 0.133. The number of hydrogen-bond donors (Lipinski definition) is 2. The number of anilines is 1. The highest BCUT2D eigenvalue weighted by Crippen LogP contribution is 2.28. The smallest absolute Gasteiger partial charge is 0.325 e. The predicted molar refractivity (Wildman–Crippen MR) is 77.7 cm³/mol. The van der Waals surface area contributed by atoms with Crippen LogP contribution in [-0.4, -0.2) is 17.1 Å². The highest BCUT2D eigenvalue weighted by atomic mass is 32.2. The van der Waals surface area contributed by atoms with E-state index in [9.17, 15) is 4.79 Å². The third-order valence-electron chi connectivity index (χ3n) is 2.59. The second kappa shape index (κ2) is 6.29. The molecule has 19 heavy (non-hydrogen) atoms. The van der Waals surface area contributed by atoms with Gasteiger partial charge in [-0.15, -0.1) is 0 Å². The second-order valence-corrected chi connectivity index (χ2v) is 5.29. The Bertz CT molecular complexity index is 540. The lowest BCUT2D eigenvalue weighted by Crippen LogP contribution is -2.25. The molecule has 0 aliphatic rings. The van der Waals surface area contributed by atoms with Crippen molar-refractivity contribution < 1.29 is 9.90 Å². The van der Waals surface area contributed by atoms with Gasteiger partial charge in [-0.1, -0.05) is 30.0 Å². The van der Waals surface area contributed by atoms with Gasteiger partial charge in [0.2, 0.25) is 0 Å². The quantitative estimate of drug-likeness (QED) is 0.871. The molecule has 2 N–H and O–H groups in total. The van der Waals surface area contributed by atoms with Crippen molar-refractivity contribution in [2.24, 2.45) is 0 Å². The van der Waals surface area contributed by atoms with Crippen molar-refractivity contribution in [3.8, 4) is 0 Å². The molecule has 0 amide bonds. The summed E-state index contributed by atoms with van der Waals surface area (Å²) in [5.41, 5.74) is 0.812. The van der Waals surface area contributed by atoms with Gasteiger partial charge in [0.25, 0.3) is 0 Å². The second-order valence-electron chi connectivity index (χ2n) is 4.14. The van der Waals surface area contributed by atoms with Gasteiger partial charge in [-0.2, -0.15) is 0 Å². The molecule has 0 spiro atoms. The molecule has 0 fully saturated rings. The van der Waals surface area contributed by atoms with Gasteiger partial charge in [0, 0.05) is 15.5 Å². The number of nitrogens with one attached hydrogen (secondary N) is 1. The van der Waals surface area contributed by atoms with Gasteiger partial charge in [-0.3, -0.25) is 4.79 Å². The maximum Gasteiger partial charge on any atom is 0.325 e. The maximum atomic E-state index is 10.7. The summed E-state index contributed by atoms with van der Waals surface area (Å²) < 4.78 is 0. The summed E-state index contributed by atoms with van der Waals surface area (Å²) >= 11 is 1.68. The Labute approximate surface area is 116 Å². The predicted octanol–water partition coefficient (Wildman–Crippen LogP) is 3.72. The molecule has 2 aromatic rings. The summed E-state index contributed by atoms with van der Waals surface area (Å²) in [7, 11) is 0. The maximum absolute atomic E-state index is 10.7. The van der Waals surface area contributed by atoms with Gasteiger partial charge >= 0.3 is 5.97 Å². The average molecular weight is 273 g/mol. The van der Waals surface area contributed by atoms with Crippen molar-refractivity contribution in [1.29, 1.82) is 0 Å². The zero-order valence-electron chi connectivity index (χ0n) is 10.5. The molecule has 98 valence electrons. The van der Waals surface area contributed by atoms with Crippen LogP contribution < -0.4 is 5.32 Å². The fourth-order valence-electron chi connectivity index (χ4n) is 1.56. The van der Waals surface area contributed by atoms with Crippen LogP contribution in [-0.2, 0) is 4.79 Å². The van der Waals surface area contributed by atoms with Crippen molar-refractivity contribution >= 4 is 23.4 Å². The van der Waals surface area contributed by atoms with E-state index < -0.39 is 12.0 Å². The standard InChI is InChI=1S/C15H15NO2S/c1-11(15(17)18)16-12-7-9-14(10-8-12)19-13-5-3-2-4-6-13/h2-11,16H,1H3,(H,17,18)/t11-/m0/s1. The Hall–Kier alpha value is -1.94. The molecule has 3 nitrogen and oxygen atoms in total. The number of carboxylic acid groups (broad SMARTS) is 1. The first-order valence-electron chi connectivity index (χ1n) is 5.97. The molecule has 0 radical (unpaired) electrons. The molecule has 0 bridgehead atoms. The minimum Gasteiger partial charge on any atom is -0.480 e. The minimum absolute atomic E-state index is 0.590. The van der Waals surface area contributed by atoms with Crippen LogP contribution in [0.5, 0.6) is 0 Å². The summed E-state index contributed by atoms with van der Waals surface area (Å²) in [6, 6.07) is 17.3. The summed E-state index contributed by atoms with van der Waals surface area (Å²) in [5, 5.41) is 11.7. The van der Waals surface area contributed by atoms with E-state index in [-0.39, 0.29) is 0 Å². The minimum atomic E-state index is -0.859. The van der Waals surface area contributed by atoms with Crippen molar-refractivity contribution in [3.63, 3.8) is 0 Å². The fourth-order valence-corrected chi connectivity index (χ4v) is 2.39. The normalized spacial score (nSPS) is 11.8. The van der Waals surface area contributed by atoms with Gasteiger partial charge < -0.3 is 10.4 Å². The van der Waals surface area contributed by atoms with Crippen LogP contribution in [0.25, 0.3) is 0 Å². The van der Waals surface area contributed by atoms with Crippen LogP contribution >= 0.6 is 11.8 Å². The van der Waals surface area contributed by atoms with Crippen molar-refractivity contribution in [1.82, 2.24) is 0 Å². The van der Waals surface area contributed by atoms with E-state index in [0.29, 0.717) is 0 Å². The molecule has 0 aliphatic carbocycles. The van der Waals surface area contributed by atoms with E-state index in [1.807, 2.05) is 42.5 Å². The lowest BCUT2D eigenvalue weighted by Gasteiger charge is -2.11. The first-order valence-corrected chi connectivity index (χ1v) is 6.79. The summed E-state index contributed by atoms with van der Waals surface area (Å²) in [5.74, 6) is -0.859. The largest absolute Gasteiger partial charge is 0.480 e. The molecular weight excluding hydrogens is 258 g/mol. The Morgan fingerprint density at radius 1 is 1.05 bits per heavy atom. The molecule has 0 unspecified atom stereocenters. The lowest BCUT2D eigenvalue weighted by atomic mass is 10.2. The van der Waals surface area contributed by atoms with Crippen LogP contribution in [0.15, 0.2) is 64.4 Å². The van der Waals surface area contributed by atoms with Crippen LogP contribution in [0.1, 0.15) is 6.92 Å². The number of aliphatic carboxylic acids is 1. The zero-order chi connectivity index (χ0) is 13.7. The van der Waals surface area contributed by atoms with E-state index >= 15 is 0 Å². The summed E-state index contributed by atoms with van der Waals surface area (Å²) in [6.45, 7) is 1.62. The molecule has 0 aromatic heterocycles. The lowest BCUT2D eigenvalue weighted by molar-refractivity contribution is -0.137. The number of carboxylic acids is 1. The van der Waals surface area contributed by atoms with Crippen LogP contribution in [0, 0.1) is 0 Å². The molecule has 2 aromatic carbocycles. The van der Waals surface area contributed by atoms with Crippen molar-refractivity contribution in [3.05, 3.63) is 54.6 Å². The van der Waals surface area contributed by atoms with Crippen molar-refractivity contribution in [2.75, 3.05) is 5.32 Å². The van der Waals surface area contributed by atoms with E-state index in [0.717, 1.165) is 10.6 Å². The Morgan fingerprint density at radius 2 is 1.63 bits per heavy atom. The molecule has 0 heterocycles. The Balaban J connectivity index is 2.01. The molecule has 1 atom stereocenters. The van der Waals surface area contributed by atoms with Gasteiger partial charge in [0.05, 0.1) is 0 Å². The van der Waals surface area contributed by atoms with Crippen LogP contribution in [0.4, 0.5) is 5.69 Å². The molecule has 2 rings (SSSR count). The van der Waals surface area contributed by atoms with E-state index in [2.05, 4.69) is 17.4 Å². The van der Waals surface area contributed by atoms with Gasteiger partial charge in [0.15, 0.2) is 0 Å². The first-order chi connectivity index (χ1) is 9.15. The Morgan fingerprint density at radius 3 is 2.21 bits per heavy atom. The van der Waals surface area contributed by atoms with Crippen LogP contribution in [0.2, 0.25) is 0 Å².